The van der Waals surface area contributed by atoms with Gasteiger partial charge in [-0.15, -0.1) is 0 Å². The molecular weight excluding hydrogens is 456 g/mol. The summed E-state index contributed by atoms with van der Waals surface area (Å²) in [6.07, 6.45) is 0.865. The van der Waals surface area contributed by atoms with E-state index in [4.69, 9.17) is 0 Å². The van der Waals surface area contributed by atoms with Crippen molar-refractivity contribution in [2.45, 2.75) is 64.2 Å². The van der Waals surface area contributed by atoms with E-state index in [9.17, 15) is 13.2 Å². The molecule has 6 heteroatoms. The first-order valence-electron chi connectivity index (χ1n) is 12.2. The van der Waals surface area contributed by atoms with Crippen molar-refractivity contribution >= 4 is 27.3 Å². The molecule has 0 radical (unpaired) electrons. The first kappa shape index (κ1) is 26.5. The highest BCUT2D eigenvalue weighted by Crippen LogP contribution is 2.32. The minimum atomic E-state index is -3.84. The Hall–Kier alpha value is -3.12. The van der Waals surface area contributed by atoms with Gasteiger partial charge in [-0.05, 0) is 59.2 Å². The van der Waals surface area contributed by atoms with E-state index in [1.54, 1.807) is 36.4 Å². The molecule has 35 heavy (non-hydrogen) atoms. The van der Waals surface area contributed by atoms with Crippen molar-refractivity contribution in [3.05, 3.63) is 89.5 Å². The lowest BCUT2D eigenvalue weighted by atomic mass is 9.92. The summed E-state index contributed by atoms with van der Waals surface area (Å²) in [5.41, 5.74) is 4.60. The number of hydrogen-bond acceptors (Lipinski definition) is 3. The number of sulfonamides is 1. The van der Waals surface area contributed by atoms with Crippen molar-refractivity contribution in [1.82, 2.24) is 0 Å². The Kier molecular flexibility index (Phi) is 8.73. The smallest absolute Gasteiger partial charge is 0.264 e. The van der Waals surface area contributed by atoms with Gasteiger partial charge in [0.1, 0.15) is 0 Å². The molecule has 0 aliphatic heterocycles. The summed E-state index contributed by atoms with van der Waals surface area (Å²) >= 11 is 0. The van der Waals surface area contributed by atoms with E-state index in [0.717, 1.165) is 28.8 Å². The fourth-order valence-electron chi connectivity index (χ4n) is 4.11. The summed E-state index contributed by atoms with van der Waals surface area (Å²) < 4.78 is 28.5. The van der Waals surface area contributed by atoms with Crippen LogP contribution in [0.4, 0.5) is 11.4 Å². The van der Waals surface area contributed by atoms with Gasteiger partial charge < -0.3 is 5.32 Å². The van der Waals surface area contributed by atoms with Gasteiger partial charge in [0.2, 0.25) is 5.91 Å². The van der Waals surface area contributed by atoms with Crippen LogP contribution in [0.3, 0.4) is 0 Å². The number of anilines is 2. The highest BCUT2D eigenvalue weighted by Gasteiger charge is 2.26. The minimum Gasteiger partial charge on any atom is -0.326 e. The summed E-state index contributed by atoms with van der Waals surface area (Å²) in [4.78, 5) is 13.3. The van der Waals surface area contributed by atoms with Gasteiger partial charge in [-0.3, -0.25) is 9.10 Å². The van der Waals surface area contributed by atoms with Gasteiger partial charge in [0.15, 0.2) is 0 Å². The molecule has 0 spiro atoms. The summed E-state index contributed by atoms with van der Waals surface area (Å²) in [5, 5.41) is 3.09. The molecule has 0 bridgehead atoms. The predicted molar refractivity (Wildman–Crippen MR) is 145 cm³/mol. The Bertz CT molecular complexity index is 1210. The van der Waals surface area contributed by atoms with E-state index in [-0.39, 0.29) is 35.6 Å². The van der Waals surface area contributed by atoms with Crippen molar-refractivity contribution in [3.63, 3.8) is 0 Å². The standard InChI is InChI=1S/C29H36N2O3S/c1-6-23-15-17-25(18-16-23)35(33,34)31(24-11-8-7-9-12-24)20-19-28(32)30-29-26(21(2)3)13-10-14-27(29)22(4)5/h7-18,21-22H,6,19-20H2,1-5H3,(H,30,32). The maximum atomic E-state index is 13.6. The summed E-state index contributed by atoms with van der Waals surface area (Å²) in [6, 6.07) is 22.0. The van der Waals surface area contributed by atoms with Crippen LogP contribution in [0.15, 0.2) is 77.7 Å². The molecule has 3 aromatic carbocycles. The molecule has 0 saturated heterocycles. The minimum absolute atomic E-state index is 0.0329. The van der Waals surface area contributed by atoms with Gasteiger partial charge in [-0.1, -0.05) is 83.1 Å². The molecule has 0 saturated carbocycles. The van der Waals surface area contributed by atoms with Gasteiger partial charge in [-0.2, -0.15) is 0 Å². The molecule has 3 aromatic rings. The van der Waals surface area contributed by atoms with E-state index >= 15 is 0 Å². The van der Waals surface area contributed by atoms with E-state index < -0.39 is 10.0 Å². The van der Waals surface area contributed by atoms with Crippen molar-refractivity contribution in [2.75, 3.05) is 16.2 Å². The molecule has 1 amide bonds. The fourth-order valence-corrected chi connectivity index (χ4v) is 5.57. The largest absolute Gasteiger partial charge is 0.326 e. The summed E-state index contributed by atoms with van der Waals surface area (Å²) in [7, 11) is -3.84. The SMILES string of the molecule is CCc1ccc(S(=O)(=O)N(CCC(=O)Nc2c(C(C)C)cccc2C(C)C)c2ccccc2)cc1. The van der Waals surface area contributed by atoms with E-state index in [1.807, 2.05) is 43.3 Å². The molecule has 0 aliphatic rings. The maximum absolute atomic E-state index is 13.6. The van der Waals surface area contributed by atoms with Crippen LogP contribution in [0.25, 0.3) is 0 Å². The topological polar surface area (TPSA) is 66.5 Å². The van der Waals surface area contributed by atoms with Crippen LogP contribution >= 0.6 is 0 Å². The first-order chi connectivity index (χ1) is 16.6. The number of benzene rings is 3. The van der Waals surface area contributed by atoms with Crippen molar-refractivity contribution in [1.29, 1.82) is 0 Å². The molecule has 1 N–H and O–H groups in total. The second kappa shape index (κ2) is 11.5. The fraction of sp³-hybridized carbons (Fsp3) is 0.345. The van der Waals surface area contributed by atoms with Crippen LogP contribution in [0.1, 0.15) is 69.6 Å². The molecule has 0 heterocycles. The Morgan fingerprint density at radius 3 is 1.91 bits per heavy atom. The number of rotatable bonds is 10. The third-order valence-electron chi connectivity index (χ3n) is 6.14. The van der Waals surface area contributed by atoms with Gasteiger partial charge in [0, 0.05) is 18.7 Å². The molecule has 0 atom stereocenters. The van der Waals surface area contributed by atoms with E-state index in [0.29, 0.717) is 5.69 Å². The third-order valence-corrected chi connectivity index (χ3v) is 7.98. The number of amides is 1. The lowest BCUT2D eigenvalue weighted by molar-refractivity contribution is -0.116. The van der Waals surface area contributed by atoms with Crippen LogP contribution < -0.4 is 9.62 Å². The molecule has 0 aliphatic carbocycles. The maximum Gasteiger partial charge on any atom is 0.264 e. The zero-order valence-electron chi connectivity index (χ0n) is 21.3. The average molecular weight is 493 g/mol. The van der Waals surface area contributed by atoms with Crippen molar-refractivity contribution < 1.29 is 13.2 Å². The quantitative estimate of drug-likeness (QED) is 0.342. The van der Waals surface area contributed by atoms with Gasteiger partial charge in [-0.25, -0.2) is 8.42 Å². The number of carbonyl (C=O) groups is 1. The van der Waals surface area contributed by atoms with Crippen molar-refractivity contribution in [2.24, 2.45) is 0 Å². The molecule has 3 rings (SSSR count). The van der Waals surface area contributed by atoms with Crippen molar-refractivity contribution in [3.8, 4) is 0 Å². The number of carbonyl (C=O) groups excluding carboxylic acids is 1. The second-order valence-corrected chi connectivity index (χ2v) is 11.2. The Morgan fingerprint density at radius 1 is 0.829 bits per heavy atom. The van der Waals surface area contributed by atoms with Crippen LogP contribution in [-0.2, 0) is 21.2 Å². The molecule has 0 aromatic heterocycles. The lowest BCUT2D eigenvalue weighted by Gasteiger charge is -2.25. The molecule has 0 unspecified atom stereocenters. The number of hydrogen-bond donors (Lipinski definition) is 1. The Balaban J connectivity index is 1.87. The monoisotopic (exact) mass is 492 g/mol. The average Bonchev–Trinajstić information content (AvgIpc) is 2.84. The van der Waals surface area contributed by atoms with E-state index in [1.165, 1.54) is 4.31 Å². The van der Waals surface area contributed by atoms with Crippen LogP contribution in [-0.4, -0.2) is 20.9 Å². The summed E-state index contributed by atoms with van der Waals surface area (Å²) in [6.45, 7) is 10.5. The normalized spacial score (nSPS) is 11.6. The zero-order chi connectivity index (χ0) is 25.6. The highest BCUT2D eigenvalue weighted by molar-refractivity contribution is 7.92. The van der Waals surface area contributed by atoms with Gasteiger partial charge in [0.25, 0.3) is 10.0 Å². The lowest BCUT2D eigenvalue weighted by Crippen LogP contribution is -2.34. The second-order valence-electron chi connectivity index (χ2n) is 9.33. The highest BCUT2D eigenvalue weighted by atomic mass is 32.2. The van der Waals surface area contributed by atoms with Crippen LogP contribution in [0, 0.1) is 0 Å². The van der Waals surface area contributed by atoms with Gasteiger partial charge >= 0.3 is 0 Å². The molecule has 0 fully saturated rings. The molecule has 186 valence electrons. The number of nitrogens with zero attached hydrogens (tertiary/aromatic N) is 1. The number of aryl methyl sites for hydroxylation is 1. The first-order valence-corrected chi connectivity index (χ1v) is 13.7. The summed E-state index contributed by atoms with van der Waals surface area (Å²) in [5.74, 6) is 0.282. The Morgan fingerprint density at radius 2 is 1.40 bits per heavy atom. The van der Waals surface area contributed by atoms with Gasteiger partial charge in [0.05, 0.1) is 10.6 Å². The van der Waals surface area contributed by atoms with Crippen LogP contribution in [0.2, 0.25) is 0 Å². The molecular formula is C29H36N2O3S. The Labute approximate surface area is 210 Å². The third kappa shape index (κ3) is 6.31. The van der Waals surface area contributed by atoms with E-state index in [2.05, 4.69) is 33.0 Å². The zero-order valence-corrected chi connectivity index (χ0v) is 22.1. The molecule has 5 nitrogen and oxygen atoms in total. The van der Waals surface area contributed by atoms with Crippen LogP contribution in [0.5, 0.6) is 0 Å². The predicted octanol–water partition coefficient (Wildman–Crippen LogP) is 6.72. The number of para-hydroxylation sites is 2. The number of nitrogens with one attached hydrogen (secondary N) is 1.